The van der Waals surface area contributed by atoms with Gasteiger partial charge in [-0.2, -0.15) is 0 Å². The SMILES string of the molecule is CNC(=O)c1cc(N(CCOC)CCC(=N)N)ccn1. The molecule has 0 spiro atoms. The molecule has 0 aromatic carbocycles. The Bertz CT molecular complexity index is 464. The summed E-state index contributed by atoms with van der Waals surface area (Å²) in [6, 6.07) is 3.54. The summed E-state index contributed by atoms with van der Waals surface area (Å²) >= 11 is 0. The zero-order valence-corrected chi connectivity index (χ0v) is 11.8. The Morgan fingerprint density at radius 1 is 1.55 bits per heavy atom. The van der Waals surface area contributed by atoms with Gasteiger partial charge in [0.05, 0.1) is 12.4 Å². The van der Waals surface area contributed by atoms with E-state index in [1.54, 1.807) is 26.4 Å². The minimum absolute atomic E-state index is 0.132. The number of nitrogens with zero attached hydrogens (tertiary/aromatic N) is 2. The topological polar surface area (TPSA) is 104 Å². The number of amidine groups is 1. The molecule has 0 aliphatic heterocycles. The Morgan fingerprint density at radius 2 is 2.30 bits per heavy atom. The molecule has 0 bridgehead atoms. The highest BCUT2D eigenvalue weighted by molar-refractivity contribution is 5.92. The van der Waals surface area contributed by atoms with Crippen LogP contribution in [0.15, 0.2) is 18.3 Å². The number of amides is 1. The minimum Gasteiger partial charge on any atom is -0.388 e. The van der Waals surface area contributed by atoms with Crippen molar-refractivity contribution in [2.75, 3.05) is 38.8 Å². The number of carbonyl (C=O) groups is 1. The summed E-state index contributed by atoms with van der Waals surface area (Å²) in [5.41, 5.74) is 6.61. The summed E-state index contributed by atoms with van der Waals surface area (Å²) < 4.78 is 5.08. The fraction of sp³-hybridized carbons (Fsp3) is 0.462. The molecule has 0 fully saturated rings. The van der Waals surface area contributed by atoms with Crippen LogP contribution in [-0.4, -0.2) is 50.6 Å². The molecule has 1 aromatic heterocycles. The number of nitrogens with two attached hydrogens (primary N) is 1. The summed E-state index contributed by atoms with van der Waals surface area (Å²) in [5.74, 6) is -0.0990. The van der Waals surface area contributed by atoms with E-state index in [-0.39, 0.29) is 11.7 Å². The highest BCUT2D eigenvalue weighted by Crippen LogP contribution is 2.15. The van der Waals surface area contributed by atoms with Crippen molar-refractivity contribution < 1.29 is 9.53 Å². The van der Waals surface area contributed by atoms with Crippen LogP contribution in [-0.2, 0) is 4.74 Å². The van der Waals surface area contributed by atoms with Gasteiger partial charge in [0.25, 0.3) is 5.91 Å². The van der Waals surface area contributed by atoms with E-state index in [0.717, 1.165) is 5.69 Å². The van der Waals surface area contributed by atoms with Gasteiger partial charge in [-0.05, 0) is 12.1 Å². The largest absolute Gasteiger partial charge is 0.388 e. The monoisotopic (exact) mass is 279 g/mol. The average molecular weight is 279 g/mol. The maximum atomic E-state index is 11.6. The molecule has 0 unspecified atom stereocenters. The first-order valence-electron chi connectivity index (χ1n) is 6.33. The lowest BCUT2D eigenvalue weighted by Gasteiger charge is -2.24. The highest BCUT2D eigenvalue weighted by Gasteiger charge is 2.11. The number of carbonyl (C=O) groups excluding carboxylic acids is 1. The van der Waals surface area contributed by atoms with Crippen molar-refractivity contribution in [3.8, 4) is 0 Å². The molecule has 0 aliphatic rings. The Morgan fingerprint density at radius 3 is 2.90 bits per heavy atom. The van der Waals surface area contributed by atoms with Crippen LogP contribution >= 0.6 is 0 Å². The molecule has 110 valence electrons. The molecular weight excluding hydrogens is 258 g/mol. The lowest BCUT2D eigenvalue weighted by Crippen LogP contribution is -2.31. The van der Waals surface area contributed by atoms with Gasteiger partial charge in [0.15, 0.2) is 0 Å². The van der Waals surface area contributed by atoms with Crippen LogP contribution in [0, 0.1) is 5.41 Å². The number of anilines is 1. The van der Waals surface area contributed by atoms with E-state index in [2.05, 4.69) is 10.3 Å². The van der Waals surface area contributed by atoms with E-state index in [0.29, 0.717) is 31.8 Å². The summed E-state index contributed by atoms with van der Waals surface area (Å²) in [4.78, 5) is 17.6. The normalized spacial score (nSPS) is 10.1. The van der Waals surface area contributed by atoms with Crippen LogP contribution in [0.5, 0.6) is 0 Å². The second kappa shape index (κ2) is 8.11. The molecule has 0 radical (unpaired) electrons. The number of pyridine rings is 1. The number of aromatic nitrogens is 1. The highest BCUT2D eigenvalue weighted by atomic mass is 16.5. The van der Waals surface area contributed by atoms with Gasteiger partial charge in [-0.25, -0.2) is 0 Å². The molecular formula is C13H21N5O2. The molecule has 1 amide bonds. The molecule has 1 heterocycles. The number of nitrogens with one attached hydrogen (secondary N) is 2. The van der Waals surface area contributed by atoms with Gasteiger partial charge in [-0.3, -0.25) is 15.2 Å². The van der Waals surface area contributed by atoms with Gasteiger partial charge in [-0.15, -0.1) is 0 Å². The van der Waals surface area contributed by atoms with Gasteiger partial charge in [0, 0.05) is 45.6 Å². The van der Waals surface area contributed by atoms with E-state index in [1.807, 2.05) is 11.0 Å². The van der Waals surface area contributed by atoms with Crippen molar-refractivity contribution >= 4 is 17.4 Å². The van der Waals surface area contributed by atoms with Crippen molar-refractivity contribution in [1.29, 1.82) is 5.41 Å². The smallest absolute Gasteiger partial charge is 0.269 e. The van der Waals surface area contributed by atoms with Crippen molar-refractivity contribution in [2.24, 2.45) is 5.73 Å². The first-order valence-corrected chi connectivity index (χ1v) is 6.33. The minimum atomic E-state index is -0.231. The zero-order chi connectivity index (χ0) is 15.0. The fourth-order valence-electron chi connectivity index (χ4n) is 1.70. The first-order chi connectivity index (χ1) is 9.58. The van der Waals surface area contributed by atoms with Crippen LogP contribution in [0.25, 0.3) is 0 Å². The Balaban J connectivity index is 2.88. The number of rotatable bonds is 8. The van der Waals surface area contributed by atoms with E-state index >= 15 is 0 Å². The van der Waals surface area contributed by atoms with E-state index < -0.39 is 0 Å². The van der Waals surface area contributed by atoms with Gasteiger partial charge in [0.1, 0.15) is 5.69 Å². The first kappa shape index (κ1) is 15.9. The molecule has 7 heteroatoms. The number of methoxy groups -OCH3 is 1. The van der Waals surface area contributed by atoms with Gasteiger partial charge in [-0.1, -0.05) is 0 Å². The number of hydrogen-bond donors (Lipinski definition) is 3. The lowest BCUT2D eigenvalue weighted by molar-refractivity contribution is 0.0958. The van der Waals surface area contributed by atoms with Gasteiger partial charge >= 0.3 is 0 Å². The third-order valence-electron chi connectivity index (χ3n) is 2.78. The van der Waals surface area contributed by atoms with Crippen molar-refractivity contribution in [2.45, 2.75) is 6.42 Å². The second-order valence-corrected chi connectivity index (χ2v) is 4.23. The average Bonchev–Trinajstić information content (AvgIpc) is 2.46. The van der Waals surface area contributed by atoms with Crippen LogP contribution < -0.4 is 16.0 Å². The summed E-state index contributed by atoms with van der Waals surface area (Å²) in [6.07, 6.45) is 2.05. The standard InChI is InChI=1S/C13H21N5O2/c1-16-13(19)11-9-10(3-5-17-11)18(7-8-20-2)6-4-12(14)15/h3,5,9H,4,6-8H2,1-2H3,(H3,14,15)(H,16,19). The zero-order valence-electron chi connectivity index (χ0n) is 11.8. The molecule has 1 aromatic rings. The summed E-state index contributed by atoms with van der Waals surface area (Å²) in [7, 11) is 3.20. The van der Waals surface area contributed by atoms with Gasteiger partial charge in [0.2, 0.25) is 0 Å². The molecule has 20 heavy (non-hydrogen) atoms. The van der Waals surface area contributed by atoms with E-state index in [1.165, 1.54) is 0 Å². The predicted octanol–water partition coefficient (Wildman–Crippen LogP) is 0.220. The van der Waals surface area contributed by atoms with Crippen molar-refractivity contribution in [3.05, 3.63) is 24.0 Å². The van der Waals surface area contributed by atoms with E-state index in [9.17, 15) is 4.79 Å². The predicted molar refractivity (Wildman–Crippen MR) is 78.2 cm³/mol. The molecule has 0 atom stereocenters. The third-order valence-corrected chi connectivity index (χ3v) is 2.78. The van der Waals surface area contributed by atoms with Crippen LogP contribution in [0.4, 0.5) is 5.69 Å². The second-order valence-electron chi connectivity index (χ2n) is 4.23. The molecule has 4 N–H and O–H groups in total. The lowest BCUT2D eigenvalue weighted by atomic mass is 10.2. The van der Waals surface area contributed by atoms with Crippen molar-refractivity contribution in [1.82, 2.24) is 10.3 Å². The van der Waals surface area contributed by atoms with Gasteiger partial charge < -0.3 is 20.7 Å². The summed E-state index contributed by atoms with van der Waals surface area (Å²) in [6.45, 7) is 1.80. The number of hydrogen-bond acceptors (Lipinski definition) is 5. The van der Waals surface area contributed by atoms with Crippen molar-refractivity contribution in [3.63, 3.8) is 0 Å². The molecule has 0 aliphatic carbocycles. The Hall–Kier alpha value is -2.15. The Kier molecular flexibility index (Phi) is 6.45. The molecule has 7 nitrogen and oxygen atoms in total. The maximum absolute atomic E-state index is 11.6. The maximum Gasteiger partial charge on any atom is 0.269 e. The van der Waals surface area contributed by atoms with E-state index in [4.69, 9.17) is 15.9 Å². The van der Waals surface area contributed by atoms with Crippen LogP contribution in [0.2, 0.25) is 0 Å². The molecule has 1 rings (SSSR count). The van der Waals surface area contributed by atoms with Crippen LogP contribution in [0.1, 0.15) is 16.9 Å². The quantitative estimate of drug-likeness (QED) is 0.466. The molecule has 0 saturated carbocycles. The third kappa shape index (κ3) is 4.85. The number of ether oxygens (including phenoxy) is 1. The molecule has 0 saturated heterocycles. The Labute approximate surface area is 118 Å². The fourth-order valence-corrected chi connectivity index (χ4v) is 1.70. The van der Waals surface area contributed by atoms with Crippen LogP contribution in [0.3, 0.4) is 0 Å². The summed E-state index contributed by atoms with van der Waals surface area (Å²) in [5, 5.41) is 9.85.